The second-order valence-corrected chi connectivity index (χ2v) is 6.51. The van der Waals surface area contributed by atoms with Crippen LogP contribution in [0, 0.1) is 0 Å². The Morgan fingerprint density at radius 2 is 2.00 bits per heavy atom. The molecule has 0 aromatic heterocycles. The summed E-state index contributed by atoms with van der Waals surface area (Å²) in [6.07, 6.45) is 3.22. The highest BCUT2D eigenvalue weighted by Gasteiger charge is 2.08. The van der Waals surface area contributed by atoms with Gasteiger partial charge in [-0.25, -0.2) is 0 Å². The minimum absolute atomic E-state index is 0.0611. The molecule has 2 aromatic rings. The monoisotopic (exact) mass is 378 g/mol. The van der Waals surface area contributed by atoms with Crippen LogP contribution in [0.1, 0.15) is 24.5 Å². The normalized spacial score (nSPS) is 12.1. The first-order valence-corrected chi connectivity index (χ1v) is 8.74. The van der Waals surface area contributed by atoms with Gasteiger partial charge >= 0.3 is 0 Å². The van der Waals surface area contributed by atoms with Crippen LogP contribution in [0.3, 0.4) is 0 Å². The fourth-order valence-electron chi connectivity index (χ4n) is 2.21. The number of aryl methyl sites for hydroxylation is 1. The second kappa shape index (κ2) is 10.1. The lowest BCUT2D eigenvalue weighted by atomic mass is 10.1. The maximum absolute atomic E-state index is 11.8. The van der Waals surface area contributed by atoms with Gasteiger partial charge in [-0.1, -0.05) is 64.8 Å². The molecule has 0 aliphatic rings. The summed E-state index contributed by atoms with van der Waals surface area (Å²) < 4.78 is 0. The topological polar surface area (TPSA) is 50.7 Å². The molecule has 4 nitrogen and oxygen atoms in total. The summed E-state index contributed by atoms with van der Waals surface area (Å²) in [6, 6.07) is 15.3. The lowest BCUT2D eigenvalue weighted by Gasteiger charge is -2.13. The van der Waals surface area contributed by atoms with E-state index in [0.717, 1.165) is 12.8 Å². The number of carbonyl (C=O) groups is 1. The van der Waals surface area contributed by atoms with Gasteiger partial charge in [-0.2, -0.15) is 0 Å². The van der Waals surface area contributed by atoms with E-state index < -0.39 is 0 Å². The van der Waals surface area contributed by atoms with Crippen LogP contribution < -0.4 is 5.32 Å². The third-order valence-corrected chi connectivity index (χ3v) is 4.10. The molecule has 0 fully saturated rings. The molecule has 1 N–H and O–H groups in total. The molecular formula is C19H20Cl2N2O2. The zero-order valence-electron chi connectivity index (χ0n) is 13.9. The van der Waals surface area contributed by atoms with Gasteiger partial charge in [0, 0.05) is 16.6 Å². The van der Waals surface area contributed by atoms with E-state index in [9.17, 15) is 4.79 Å². The van der Waals surface area contributed by atoms with Crippen molar-refractivity contribution < 1.29 is 9.63 Å². The third kappa shape index (κ3) is 7.16. The van der Waals surface area contributed by atoms with Crippen molar-refractivity contribution >= 4 is 35.3 Å². The summed E-state index contributed by atoms with van der Waals surface area (Å²) in [4.78, 5) is 16.8. The first-order chi connectivity index (χ1) is 12.0. The number of amides is 1. The van der Waals surface area contributed by atoms with E-state index in [-0.39, 0.29) is 18.6 Å². The van der Waals surface area contributed by atoms with E-state index in [4.69, 9.17) is 28.0 Å². The molecule has 0 heterocycles. The molecule has 6 heteroatoms. The quantitative estimate of drug-likeness (QED) is 0.543. The van der Waals surface area contributed by atoms with Crippen LogP contribution in [-0.2, 0) is 16.1 Å². The van der Waals surface area contributed by atoms with E-state index in [1.54, 1.807) is 18.2 Å². The van der Waals surface area contributed by atoms with Gasteiger partial charge < -0.3 is 10.2 Å². The standard InChI is InChI=1S/C19H20Cl2N2O2/c1-14(7-8-15-5-3-2-4-6-15)23-19(24)13-25-22-12-16-9-10-17(20)11-18(16)21/h2-6,9-12,14H,7-8,13H2,1H3,(H,23,24)/b22-12-/t14-/m0/s1. The van der Waals surface area contributed by atoms with Crippen molar-refractivity contribution in [3.63, 3.8) is 0 Å². The van der Waals surface area contributed by atoms with E-state index in [1.807, 2.05) is 25.1 Å². The average molecular weight is 379 g/mol. The molecule has 25 heavy (non-hydrogen) atoms. The molecule has 0 unspecified atom stereocenters. The highest BCUT2D eigenvalue weighted by Crippen LogP contribution is 2.19. The van der Waals surface area contributed by atoms with Crippen molar-refractivity contribution in [2.75, 3.05) is 6.61 Å². The molecule has 0 saturated heterocycles. The summed E-state index contributed by atoms with van der Waals surface area (Å²) >= 11 is 11.8. The first-order valence-electron chi connectivity index (χ1n) is 7.98. The van der Waals surface area contributed by atoms with Gasteiger partial charge in [0.05, 0.1) is 11.2 Å². The fraction of sp³-hybridized carbons (Fsp3) is 0.263. The Morgan fingerprint density at radius 3 is 2.72 bits per heavy atom. The van der Waals surface area contributed by atoms with Crippen molar-refractivity contribution in [3.8, 4) is 0 Å². The molecule has 0 radical (unpaired) electrons. The predicted octanol–water partition coefficient (Wildman–Crippen LogP) is 4.48. The van der Waals surface area contributed by atoms with Crippen LogP contribution >= 0.6 is 23.2 Å². The minimum Gasteiger partial charge on any atom is -0.386 e. The highest BCUT2D eigenvalue weighted by molar-refractivity contribution is 6.36. The second-order valence-electron chi connectivity index (χ2n) is 5.67. The number of halogens is 2. The molecule has 1 amide bonds. The van der Waals surface area contributed by atoms with Crippen molar-refractivity contribution in [2.24, 2.45) is 5.16 Å². The molecule has 132 valence electrons. The number of rotatable bonds is 8. The van der Waals surface area contributed by atoms with E-state index in [0.29, 0.717) is 15.6 Å². The SMILES string of the molecule is C[C@@H](CCc1ccccc1)NC(=O)CO/N=C\c1ccc(Cl)cc1Cl. The number of nitrogens with one attached hydrogen (secondary N) is 1. The number of carbonyl (C=O) groups excluding carboxylic acids is 1. The maximum atomic E-state index is 11.8. The molecule has 2 rings (SSSR count). The first kappa shape index (κ1) is 19.3. The molecule has 2 aromatic carbocycles. The fourth-order valence-corrected chi connectivity index (χ4v) is 2.67. The molecule has 0 spiro atoms. The number of oxime groups is 1. The summed E-state index contributed by atoms with van der Waals surface area (Å²) in [5, 5.41) is 7.67. The van der Waals surface area contributed by atoms with Crippen LogP contribution in [0.5, 0.6) is 0 Å². The summed E-state index contributed by atoms with van der Waals surface area (Å²) in [6.45, 7) is 1.83. The zero-order valence-corrected chi connectivity index (χ0v) is 15.4. The zero-order chi connectivity index (χ0) is 18.1. The highest BCUT2D eigenvalue weighted by atomic mass is 35.5. The van der Waals surface area contributed by atoms with Crippen molar-refractivity contribution in [1.29, 1.82) is 0 Å². The van der Waals surface area contributed by atoms with Gasteiger partial charge in [0.25, 0.3) is 5.91 Å². The molecule has 0 aliphatic heterocycles. The predicted molar refractivity (Wildman–Crippen MR) is 102 cm³/mol. The Balaban J connectivity index is 1.68. The molecule has 1 atom stereocenters. The molecular weight excluding hydrogens is 359 g/mol. The van der Waals surface area contributed by atoms with Crippen LogP contribution in [0.15, 0.2) is 53.7 Å². The number of benzene rings is 2. The van der Waals surface area contributed by atoms with Crippen LogP contribution in [0.2, 0.25) is 10.0 Å². The van der Waals surface area contributed by atoms with Gasteiger partial charge in [0.2, 0.25) is 0 Å². The Labute approximate surface area is 157 Å². The largest absolute Gasteiger partial charge is 0.386 e. The lowest BCUT2D eigenvalue weighted by molar-refractivity contribution is -0.126. The van der Waals surface area contributed by atoms with Gasteiger partial charge in [0.1, 0.15) is 0 Å². The van der Waals surface area contributed by atoms with Crippen LogP contribution in [0.4, 0.5) is 0 Å². The number of nitrogens with zero attached hydrogens (tertiary/aromatic N) is 1. The van der Waals surface area contributed by atoms with Crippen LogP contribution in [0.25, 0.3) is 0 Å². The van der Waals surface area contributed by atoms with Gasteiger partial charge in [-0.3, -0.25) is 4.79 Å². The maximum Gasteiger partial charge on any atom is 0.260 e. The summed E-state index contributed by atoms with van der Waals surface area (Å²) in [7, 11) is 0. The Hall–Kier alpha value is -2.04. The van der Waals surface area contributed by atoms with Crippen molar-refractivity contribution in [1.82, 2.24) is 5.32 Å². The van der Waals surface area contributed by atoms with E-state index in [2.05, 4.69) is 22.6 Å². The minimum atomic E-state index is -0.208. The average Bonchev–Trinajstić information content (AvgIpc) is 2.59. The molecule has 0 aliphatic carbocycles. The Kier molecular flexibility index (Phi) is 7.76. The van der Waals surface area contributed by atoms with Gasteiger partial charge in [-0.05, 0) is 37.5 Å². The van der Waals surface area contributed by atoms with Crippen molar-refractivity contribution in [2.45, 2.75) is 25.8 Å². The summed E-state index contributed by atoms with van der Waals surface area (Å²) in [5.41, 5.74) is 1.92. The number of hydrogen-bond donors (Lipinski definition) is 1. The number of hydrogen-bond acceptors (Lipinski definition) is 3. The lowest BCUT2D eigenvalue weighted by Crippen LogP contribution is -2.35. The third-order valence-electron chi connectivity index (χ3n) is 3.54. The van der Waals surface area contributed by atoms with Crippen molar-refractivity contribution in [3.05, 3.63) is 69.7 Å². The Morgan fingerprint density at radius 1 is 1.24 bits per heavy atom. The summed E-state index contributed by atoms with van der Waals surface area (Å²) in [5.74, 6) is -0.208. The van der Waals surface area contributed by atoms with Gasteiger partial charge in [0.15, 0.2) is 6.61 Å². The molecule has 0 bridgehead atoms. The van der Waals surface area contributed by atoms with E-state index >= 15 is 0 Å². The van der Waals surface area contributed by atoms with Gasteiger partial charge in [-0.15, -0.1) is 0 Å². The van der Waals surface area contributed by atoms with E-state index in [1.165, 1.54) is 11.8 Å². The Bertz CT molecular complexity index is 721. The molecule has 0 saturated carbocycles. The smallest absolute Gasteiger partial charge is 0.260 e. The van der Waals surface area contributed by atoms with Crippen LogP contribution in [-0.4, -0.2) is 24.8 Å².